The molecule has 2 aliphatic heterocycles. The maximum absolute atomic E-state index is 12.6. The molecule has 1 unspecified atom stereocenters. The van der Waals surface area contributed by atoms with E-state index in [9.17, 15) is 9.59 Å². The number of nitrogens with zero attached hydrogens (tertiary/aromatic N) is 1. The van der Waals surface area contributed by atoms with Gasteiger partial charge in [-0.15, -0.1) is 11.3 Å². The van der Waals surface area contributed by atoms with E-state index in [4.69, 9.17) is 4.74 Å². The fourth-order valence-corrected chi connectivity index (χ4v) is 3.46. The van der Waals surface area contributed by atoms with Gasteiger partial charge in [-0.2, -0.15) is 0 Å². The van der Waals surface area contributed by atoms with Gasteiger partial charge in [-0.3, -0.25) is 4.79 Å². The topological polar surface area (TPSA) is 70.7 Å². The molecule has 7 heteroatoms. The van der Waals surface area contributed by atoms with Crippen molar-refractivity contribution in [3.8, 4) is 0 Å². The van der Waals surface area contributed by atoms with Gasteiger partial charge in [0, 0.05) is 25.1 Å². The largest absolute Gasteiger partial charge is 0.385 e. The smallest absolute Gasteiger partial charge is 0.319 e. The number of carbonyl (C=O) groups excluding carboxylic acids is 2. The summed E-state index contributed by atoms with van der Waals surface area (Å²) in [6, 6.07) is 3.27. The molecule has 2 N–H and O–H groups in total. The lowest BCUT2D eigenvalue weighted by Gasteiger charge is -2.24. The Balaban J connectivity index is 1.81. The van der Waals surface area contributed by atoms with E-state index in [2.05, 4.69) is 10.6 Å². The van der Waals surface area contributed by atoms with E-state index in [1.165, 1.54) is 11.3 Å². The first-order valence-electron chi connectivity index (χ1n) is 6.83. The second-order valence-corrected chi connectivity index (χ2v) is 5.99. The Hall–Kier alpha value is -1.86. The van der Waals surface area contributed by atoms with Crippen LogP contribution in [0.15, 0.2) is 28.8 Å². The monoisotopic (exact) mass is 307 g/mol. The summed E-state index contributed by atoms with van der Waals surface area (Å²) >= 11 is 1.54. The molecule has 0 spiro atoms. The highest BCUT2D eigenvalue weighted by Gasteiger charge is 2.40. The Kier molecular flexibility index (Phi) is 3.94. The second kappa shape index (κ2) is 5.87. The maximum Gasteiger partial charge on any atom is 0.319 e. The van der Waals surface area contributed by atoms with Gasteiger partial charge in [-0.05, 0) is 17.9 Å². The van der Waals surface area contributed by atoms with Gasteiger partial charge in [-0.1, -0.05) is 6.07 Å². The molecule has 3 heterocycles. The summed E-state index contributed by atoms with van der Waals surface area (Å²) in [5, 5.41) is 7.54. The van der Waals surface area contributed by atoms with E-state index < -0.39 is 0 Å². The highest BCUT2D eigenvalue weighted by molar-refractivity contribution is 7.10. The van der Waals surface area contributed by atoms with E-state index in [0.29, 0.717) is 25.3 Å². The van der Waals surface area contributed by atoms with Crippen LogP contribution in [0.1, 0.15) is 17.3 Å². The molecule has 21 heavy (non-hydrogen) atoms. The lowest BCUT2D eigenvalue weighted by Crippen LogP contribution is -2.44. The van der Waals surface area contributed by atoms with Gasteiger partial charge >= 0.3 is 6.03 Å². The summed E-state index contributed by atoms with van der Waals surface area (Å²) in [6.07, 6.45) is 0.786. The summed E-state index contributed by atoms with van der Waals surface area (Å²) in [5.74, 6) is -0.00740. The summed E-state index contributed by atoms with van der Waals surface area (Å²) in [4.78, 5) is 27.1. The van der Waals surface area contributed by atoms with Crippen LogP contribution >= 0.6 is 11.3 Å². The molecule has 6 nitrogen and oxygen atoms in total. The molecule has 3 rings (SSSR count). The van der Waals surface area contributed by atoms with E-state index in [1.807, 2.05) is 17.5 Å². The van der Waals surface area contributed by atoms with Crippen LogP contribution in [-0.2, 0) is 9.53 Å². The predicted octanol–water partition coefficient (Wildman–Crippen LogP) is 1.23. The fraction of sp³-hybridized carbons (Fsp3) is 0.429. The molecule has 3 amide bonds. The molecule has 0 saturated heterocycles. The van der Waals surface area contributed by atoms with Gasteiger partial charge in [0.15, 0.2) is 0 Å². The quantitative estimate of drug-likeness (QED) is 0.804. The SMILES string of the molecule is COCCCN1CC2=C(C1=O)C(c1cccs1)NC(=O)N2. The minimum Gasteiger partial charge on any atom is -0.385 e. The third kappa shape index (κ3) is 2.66. The zero-order chi connectivity index (χ0) is 14.8. The Morgan fingerprint density at radius 3 is 3.05 bits per heavy atom. The van der Waals surface area contributed by atoms with Crippen molar-refractivity contribution in [1.82, 2.24) is 15.5 Å². The predicted molar refractivity (Wildman–Crippen MR) is 78.8 cm³/mol. The van der Waals surface area contributed by atoms with Crippen LogP contribution in [0.2, 0.25) is 0 Å². The highest BCUT2D eigenvalue weighted by atomic mass is 32.1. The van der Waals surface area contributed by atoms with Crippen LogP contribution < -0.4 is 10.6 Å². The van der Waals surface area contributed by atoms with Crippen LogP contribution in [0.3, 0.4) is 0 Å². The molecule has 0 aliphatic carbocycles. The number of hydrogen-bond acceptors (Lipinski definition) is 4. The van der Waals surface area contributed by atoms with Gasteiger partial charge in [0.25, 0.3) is 5.91 Å². The van der Waals surface area contributed by atoms with Crippen molar-refractivity contribution < 1.29 is 14.3 Å². The summed E-state index contributed by atoms with van der Waals surface area (Å²) in [6.45, 7) is 1.72. The molecule has 0 radical (unpaired) electrons. The van der Waals surface area contributed by atoms with Crippen LogP contribution in [-0.4, -0.2) is 43.6 Å². The second-order valence-electron chi connectivity index (χ2n) is 5.01. The number of amides is 3. The zero-order valence-electron chi connectivity index (χ0n) is 11.7. The van der Waals surface area contributed by atoms with Gasteiger partial charge < -0.3 is 20.3 Å². The Bertz CT molecular complexity index is 582. The van der Waals surface area contributed by atoms with Gasteiger partial charge in [0.2, 0.25) is 0 Å². The Labute approximate surface area is 126 Å². The van der Waals surface area contributed by atoms with Crippen molar-refractivity contribution in [2.24, 2.45) is 0 Å². The number of hydrogen-bond donors (Lipinski definition) is 2. The lowest BCUT2D eigenvalue weighted by atomic mass is 10.0. The number of nitrogens with one attached hydrogen (secondary N) is 2. The van der Waals surface area contributed by atoms with Crippen molar-refractivity contribution in [1.29, 1.82) is 0 Å². The Morgan fingerprint density at radius 1 is 1.48 bits per heavy atom. The van der Waals surface area contributed by atoms with Crippen molar-refractivity contribution in [3.05, 3.63) is 33.7 Å². The first-order valence-corrected chi connectivity index (χ1v) is 7.71. The minimum absolute atomic E-state index is 0.00740. The molecule has 2 aliphatic rings. The highest BCUT2D eigenvalue weighted by Crippen LogP contribution is 2.34. The van der Waals surface area contributed by atoms with E-state index in [-0.39, 0.29) is 18.0 Å². The van der Waals surface area contributed by atoms with Crippen LogP contribution in [0.4, 0.5) is 4.79 Å². The first kappa shape index (κ1) is 14.1. The van der Waals surface area contributed by atoms with Gasteiger partial charge in [0.1, 0.15) is 0 Å². The molecule has 0 saturated carbocycles. The van der Waals surface area contributed by atoms with E-state index >= 15 is 0 Å². The number of rotatable bonds is 5. The van der Waals surface area contributed by atoms with Crippen LogP contribution in [0.25, 0.3) is 0 Å². The molecular weight excluding hydrogens is 290 g/mol. The summed E-state index contributed by atoms with van der Waals surface area (Å²) in [7, 11) is 1.64. The molecule has 1 atom stereocenters. The number of methoxy groups -OCH3 is 1. The number of ether oxygens (including phenoxy) is 1. The molecular formula is C14H17N3O3S. The fourth-order valence-electron chi connectivity index (χ4n) is 2.68. The lowest BCUT2D eigenvalue weighted by molar-refractivity contribution is -0.125. The Morgan fingerprint density at radius 2 is 2.33 bits per heavy atom. The van der Waals surface area contributed by atoms with Gasteiger partial charge in [-0.25, -0.2) is 4.79 Å². The summed E-state index contributed by atoms with van der Waals surface area (Å²) < 4.78 is 5.02. The molecule has 1 aromatic heterocycles. The molecule has 0 aromatic carbocycles. The van der Waals surface area contributed by atoms with Crippen LogP contribution in [0.5, 0.6) is 0 Å². The maximum atomic E-state index is 12.6. The molecule has 1 aromatic rings. The zero-order valence-corrected chi connectivity index (χ0v) is 12.5. The molecule has 0 bridgehead atoms. The average Bonchev–Trinajstić information content (AvgIpc) is 3.08. The van der Waals surface area contributed by atoms with Gasteiger partial charge in [0.05, 0.1) is 23.9 Å². The first-order chi connectivity index (χ1) is 10.2. The number of carbonyl (C=O) groups is 2. The number of thiophene rings is 1. The van der Waals surface area contributed by atoms with Crippen molar-refractivity contribution in [2.75, 3.05) is 26.8 Å². The van der Waals surface area contributed by atoms with Crippen molar-refractivity contribution >= 4 is 23.3 Å². The van der Waals surface area contributed by atoms with E-state index in [1.54, 1.807) is 12.0 Å². The van der Waals surface area contributed by atoms with Crippen molar-refractivity contribution in [2.45, 2.75) is 12.5 Å². The van der Waals surface area contributed by atoms with Crippen molar-refractivity contribution in [3.63, 3.8) is 0 Å². The number of urea groups is 1. The molecule has 112 valence electrons. The molecule has 0 fully saturated rings. The third-order valence-corrected chi connectivity index (χ3v) is 4.56. The summed E-state index contributed by atoms with van der Waals surface area (Å²) in [5.41, 5.74) is 1.38. The average molecular weight is 307 g/mol. The van der Waals surface area contributed by atoms with Crippen LogP contribution in [0, 0.1) is 0 Å². The standard InChI is InChI=1S/C14H17N3O3S/c1-20-6-3-5-17-8-9-11(13(17)18)12(16-14(19)15-9)10-4-2-7-21-10/h2,4,7,12H,3,5-6,8H2,1H3,(H2,15,16,19). The third-order valence-electron chi connectivity index (χ3n) is 3.62. The van der Waals surface area contributed by atoms with E-state index in [0.717, 1.165) is 17.0 Å². The minimum atomic E-state index is -0.339. The normalized spacial score (nSPS) is 21.4.